The smallest absolute Gasteiger partial charge is 0.125 e. The Hall–Kier alpha value is -2.16. The average Bonchev–Trinajstić information content (AvgIpc) is 2.44. The summed E-state index contributed by atoms with van der Waals surface area (Å²) in [6, 6.07) is 13.7. The first kappa shape index (κ1) is 15.2. The Morgan fingerprint density at radius 3 is 2.38 bits per heavy atom. The molecule has 3 heteroatoms. The zero-order valence-corrected chi connectivity index (χ0v) is 13.1. The van der Waals surface area contributed by atoms with Crippen molar-refractivity contribution in [1.82, 2.24) is 0 Å². The summed E-state index contributed by atoms with van der Waals surface area (Å²) in [7, 11) is 1.65. The van der Waals surface area contributed by atoms with Gasteiger partial charge in [-0.1, -0.05) is 39.0 Å². The van der Waals surface area contributed by atoms with Crippen LogP contribution in [-0.4, -0.2) is 7.11 Å². The van der Waals surface area contributed by atoms with Crippen molar-refractivity contribution >= 4 is 5.69 Å². The van der Waals surface area contributed by atoms with Crippen LogP contribution in [0.15, 0.2) is 42.5 Å². The minimum absolute atomic E-state index is 0.0381. The summed E-state index contributed by atoms with van der Waals surface area (Å²) in [5.41, 5.74) is 8.72. The Kier molecular flexibility index (Phi) is 4.41. The highest BCUT2D eigenvalue weighted by Crippen LogP contribution is 2.32. The second-order valence-corrected chi connectivity index (χ2v) is 6.11. The third-order valence-corrected chi connectivity index (χ3v) is 3.38. The predicted molar refractivity (Wildman–Crippen MR) is 86.9 cm³/mol. The van der Waals surface area contributed by atoms with Crippen molar-refractivity contribution in [1.29, 1.82) is 0 Å². The van der Waals surface area contributed by atoms with E-state index in [2.05, 4.69) is 26.8 Å². The topological polar surface area (TPSA) is 44.5 Å². The zero-order chi connectivity index (χ0) is 15.5. The van der Waals surface area contributed by atoms with Crippen LogP contribution < -0.4 is 15.2 Å². The average molecular weight is 285 g/mol. The van der Waals surface area contributed by atoms with Crippen LogP contribution in [0, 0.1) is 0 Å². The molecule has 0 radical (unpaired) electrons. The fraction of sp³-hybridized carbons (Fsp3) is 0.333. The van der Waals surface area contributed by atoms with E-state index in [0.29, 0.717) is 12.3 Å². The van der Waals surface area contributed by atoms with E-state index in [1.54, 1.807) is 7.11 Å². The predicted octanol–water partition coefficient (Wildman–Crippen LogP) is 4.15. The lowest BCUT2D eigenvalue weighted by Crippen LogP contribution is -2.13. The SMILES string of the molecule is COc1ccc(N)cc1COc1ccccc1C(C)(C)C. The van der Waals surface area contributed by atoms with Crippen LogP contribution >= 0.6 is 0 Å². The highest BCUT2D eigenvalue weighted by Gasteiger charge is 2.18. The number of anilines is 1. The first-order valence-corrected chi connectivity index (χ1v) is 7.06. The summed E-state index contributed by atoms with van der Waals surface area (Å²) in [5.74, 6) is 1.69. The number of benzene rings is 2. The highest BCUT2D eigenvalue weighted by atomic mass is 16.5. The summed E-state index contributed by atoms with van der Waals surface area (Å²) in [4.78, 5) is 0. The van der Waals surface area contributed by atoms with E-state index in [1.165, 1.54) is 5.56 Å². The minimum Gasteiger partial charge on any atom is -0.496 e. The lowest BCUT2D eigenvalue weighted by molar-refractivity contribution is 0.289. The van der Waals surface area contributed by atoms with Crippen molar-refractivity contribution in [3.8, 4) is 11.5 Å². The summed E-state index contributed by atoms with van der Waals surface area (Å²) < 4.78 is 11.4. The molecule has 0 atom stereocenters. The van der Waals surface area contributed by atoms with Gasteiger partial charge in [0.1, 0.15) is 18.1 Å². The second kappa shape index (κ2) is 6.08. The van der Waals surface area contributed by atoms with Gasteiger partial charge in [0.25, 0.3) is 0 Å². The van der Waals surface area contributed by atoms with Gasteiger partial charge in [-0.15, -0.1) is 0 Å². The maximum atomic E-state index is 6.01. The summed E-state index contributed by atoms with van der Waals surface area (Å²) >= 11 is 0. The Balaban J connectivity index is 2.23. The molecule has 0 aromatic heterocycles. The number of nitrogen functional groups attached to an aromatic ring is 1. The van der Waals surface area contributed by atoms with Gasteiger partial charge in [-0.2, -0.15) is 0 Å². The van der Waals surface area contributed by atoms with Crippen LogP contribution in [0.2, 0.25) is 0 Å². The summed E-state index contributed by atoms with van der Waals surface area (Å²) in [6.07, 6.45) is 0. The van der Waals surface area contributed by atoms with Crippen molar-refractivity contribution in [2.45, 2.75) is 32.8 Å². The molecule has 0 spiro atoms. The maximum absolute atomic E-state index is 6.01. The molecule has 21 heavy (non-hydrogen) atoms. The molecule has 0 bridgehead atoms. The third kappa shape index (κ3) is 3.69. The lowest BCUT2D eigenvalue weighted by Gasteiger charge is -2.23. The molecule has 0 aliphatic carbocycles. The molecule has 2 N–H and O–H groups in total. The zero-order valence-electron chi connectivity index (χ0n) is 13.1. The molecular formula is C18H23NO2. The quantitative estimate of drug-likeness (QED) is 0.858. The lowest BCUT2D eigenvalue weighted by atomic mass is 9.86. The molecule has 0 heterocycles. The number of nitrogens with two attached hydrogens (primary N) is 1. The van der Waals surface area contributed by atoms with Crippen LogP contribution in [0.5, 0.6) is 11.5 Å². The van der Waals surface area contributed by atoms with Gasteiger partial charge in [0.2, 0.25) is 0 Å². The molecule has 0 amide bonds. The van der Waals surface area contributed by atoms with Crippen LogP contribution in [0.4, 0.5) is 5.69 Å². The molecule has 2 aromatic rings. The van der Waals surface area contributed by atoms with E-state index in [-0.39, 0.29) is 5.41 Å². The largest absolute Gasteiger partial charge is 0.496 e. The van der Waals surface area contributed by atoms with E-state index in [4.69, 9.17) is 15.2 Å². The van der Waals surface area contributed by atoms with Crippen LogP contribution in [0.25, 0.3) is 0 Å². The van der Waals surface area contributed by atoms with Crippen molar-refractivity contribution in [3.63, 3.8) is 0 Å². The van der Waals surface area contributed by atoms with Gasteiger partial charge in [0.15, 0.2) is 0 Å². The van der Waals surface area contributed by atoms with Gasteiger partial charge in [0, 0.05) is 11.3 Å². The molecule has 0 unspecified atom stereocenters. The van der Waals surface area contributed by atoms with Gasteiger partial charge < -0.3 is 15.2 Å². The fourth-order valence-electron chi connectivity index (χ4n) is 2.28. The Morgan fingerprint density at radius 1 is 1.00 bits per heavy atom. The number of hydrogen-bond acceptors (Lipinski definition) is 3. The van der Waals surface area contributed by atoms with E-state index in [0.717, 1.165) is 17.1 Å². The first-order chi connectivity index (χ1) is 9.91. The maximum Gasteiger partial charge on any atom is 0.125 e. The monoisotopic (exact) mass is 285 g/mol. The Labute approximate surface area is 126 Å². The van der Waals surface area contributed by atoms with Crippen LogP contribution in [0.1, 0.15) is 31.9 Å². The normalized spacial score (nSPS) is 11.2. The number of methoxy groups -OCH3 is 1. The number of hydrogen-bond donors (Lipinski definition) is 1. The van der Waals surface area contributed by atoms with E-state index < -0.39 is 0 Å². The van der Waals surface area contributed by atoms with E-state index in [9.17, 15) is 0 Å². The Bertz CT molecular complexity index is 615. The molecule has 0 saturated carbocycles. The first-order valence-electron chi connectivity index (χ1n) is 7.06. The number of ether oxygens (including phenoxy) is 2. The fourth-order valence-corrected chi connectivity index (χ4v) is 2.28. The molecule has 112 valence electrons. The highest BCUT2D eigenvalue weighted by molar-refractivity contribution is 5.48. The van der Waals surface area contributed by atoms with E-state index in [1.807, 2.05) is 36.4 Å². The molecule has 2 rings (SSSR count). The summed E-state index contributed by atoms with van der Waals surface area (Å²) in [6.45, 7) is 6.96. The van der Waals surface area contributed by atoms with Gasteiger partial charge >= 0.3 is 0 Å². The summed E-state index contributed by atoms with van der Waals surface area (Å²) in [5, 5.41) is 0. The molecule has 0 saturated heterocycles. The number of para-hydroxylation sites is 1. The van der Waals surface area contributed by atoms with Crippen molar-refractivity contribution in [3.05, 3.63) is 53.6 Å². The molecule has 0 aliphatic heterocycles. The molecule has 2 aromatic carbocycles. The molecular weight excluding hydrogens is 262 g/mol. The van der Waals surface area contributed by atoms with Crippen molar-refractivity contribution in [2.75, 3.05) is 12.8 Å². The van der Waals surface area contributed by atoms with E-state index >= 15 is 0 Å². The standard InChI is InChI=1S/C18H23NO2/c1-18(2,3)15-7-5-6-8-17(15)21-12-13-11-14(19)9-10-16(13)20-4/h5-11H,12,19H2,1-4H3. The van der Waals surface area contributed by atoms with Gasteiger partial charge in [-0.25, -0.2) is 0 Å². The van der Waals surface area contributed by atoms with Crippen LogP contribution in [0.3, 0.4) is 0 Å². The van der Waals surface area contributed by atoms with Gasteiger partial charge in [0.05, 0.1) is 7.11 Å². The second-order valence-electron chi connectivity index (χ2n) is 6.11. The van der Waals surface area contributed by atoms with Gasteiger partial charge in [-0.3, -0.25) is 0 Å². The molecule has 0 aliphatic rings. The molecule has 3 nitrogen and oxygen atoms in total. The number of rotatable bonds is 4. The Morgan fingerprint density at radius 2 is 1.71 bits per heavy atom. The molecule has 0 fully saturated rings. The third-order valence-electron chi connectivity index (χ3n) is 3.38. The van der Waals surface area contributed by atoms with Gasteiger partial charge in [-0.05, 0) is 35.2 Å². The van der Waals surface area contributed by atoms with Crippen molar-refractivity contribution < 1.29 is 9.47 Å². The van der Waals surface area contributed by atoms with Crippen LogP contribution in [-0.2, 0) is 12.0 Å². The van der Waals surface area contributed by atoms with Crippen molar-refractivity contribution in [2.24, 2.45) is 0 Å². The minimum atomic E-state index is 0.0381.